The molecular formula is C15H22N4O2. The van der Waals surface area contributed by atoms with Gasteiger partial charge in [-0.3, -0.25) is 4.68 Å². The second-order valence-electron chi connectivity index (χ2n) is 4.94. The van der Waals surface area contributed by atoms with Gasteiger partial charge in [-0.05, 0) is 26.8 Å². The Kier molecular flexibility index (Phi) is 4.80. The molecule has 0 bridgehead atoms. The van der Waals surface area contributed by atoms with Crippen molar-refractivity contribution in [1.29, 1.82) is 0 Å². The molecule has 0 aromatic carbocycles. The van der Waals surface area contributed by atoms with Crippen LogP contribution in [0.2, 0.25) is 0 Å². The normalized spacial score (nSPS) is 10.7. The van der Waals surface area contributed by atoms with Crippen LogP contribution < -0.4 is 10.1 Å². The van der Waals surface area contributed by atoms with Gasteiger partial charge in [0.1, 0.15) is 0 Å². The summed E-state index contributed by atoms with van der Waals surface area (Å²) in [6.45, 7) is 7.24. The Morgan fingerprint density at radius 1 is 1.24 bits per heavy atom. The lowest BCUT2D eigenvalue weighted by Crippen LogP contribution is -2.07. The maximum atomic E-state index is 9.04. The van der Waals surface area contributed by atoms with Crippen molar-refractivity contribution in [2.24, 2.45) is 0 Å². The lowest BCUT2D eigenvalue weighted by molar-refractivity contribution is 0.268. The summed E-state index contributed by atoms with van der Waals surface area (Å²) in [7, 11) is 1.61. The minimum absolute atomic E-state index is 0.0936. The van der Waals surface area contributed by atoms with Crippen molar-refractivity contribution in [1.82, 2.24) is 14.8 Å². The summed E-state index contributed by atoms with van der Waals surface area (Å²) in [6, 6.07) is 3.80. The highest BCUT2D eigenvalue weighted by atomic mass is 16.5. The van der Waals surface area contributed by atoms with Gasteiger partial charge in [0.2, 0.25) is 5.88 Å². The lowest BCUT2D eigenvalue weighted by atomic mass is 10.2. The van der Waals surface area contributed by atoms with Gasteiger partial charge < -0.3 is 15.2 Å². The van der Waals surface area contributed by atoms with Crippen LogP contribution >= 0.6 is 0 Å². The molecule has 0 atom stereocenters. The van der Waals surface area contributed by atoms with E-state index in [0.717, 1.165) is 28.3 Å². The van der Waals surface area contributed by atoms with E-state index in [2.05, 4.69) is 15.4 Å². The number of nitrogens with zero attached hydrogens (tertiary/aromatic N) is 3. The fraction of sp³-hybridized carbons (Fsp3) is 0.467. The lowest BCUT2D eigenvalue weighted by Gasteiger charge is -2.10. The first-order valence-corrected chi connectivity index (χ1v) is 6.96. The Morgan fingerprint density at radius 2 is 2.00 bits per heavy atom. The number of ether oxygens (including phenoxy) is 1. The summed E-state index contributed by atoms with van der Waals surface area (Å²) in [4.78, 5) is 4.34. The minimum atomic E-state index is 0.0936. The number of aromatic nitrogens is 3. The summed E-state index contributed by atoms with van der Waals surface area (Å²) in [5.41, 5.74) is 5.08. The number of methoxy groups -OCH3 is 1. The van der Waals surface area contributed by atoms with Crippen LogP contribution in [0.4, 0.5) is 5.69 Å². The SMILES string of the molecule is COc1ccc(NCc2c(C)nn(CCO)c2C)c(C)n1. The molecule has 2 N–H and O–H groups in total. The van der Waals surface area contributed by atoms with E-state index < -0.39 is 0 Å². The summed E-state index contributed by atoms with van der Waals surface area (Å²) < 4.78 is 6.94. The zero-order chi connectivity index (χ0) is 15.4. The standard InChI is InChI=1S/C15H22N4O2/c1-10-13(12(3)19(18-10)7-8-20)9-16-14-5-6-15(21-4)17-11(14)2/h5-6,16,20H,7-9H2,1-4H3. The van der Waals surface area contributed by atoms with E-state index in [9.17, 15) is 0 Å². The van der Waals surface area contributed by atoms with Crippen molar-refractivity contribution >= 4 is 5.69 Å². The van der Waals surface area contributed by atoms with Crippen molar-refractivity contribution in [3.8, 4) is 5.88 Å². The highest BCUT2D eigenvalue weighted by molar-refractivity contribution is 5.49. The molecular weight excluding hydrogens is 268 g/mol. The smallest absolute Gasteiger partial charge is 0.213 e. The molecule has 0 amide bonds. The minimum Gasteiger partial charge on any atom is -0.481 e. The number of aryl methyl sites for hydroxylation is 2. The van der Waals surface area contributed by atoms with Crippen LogP contribution in [-0.4, -0.2) is 33.6 Å². The van der Waals surface area contributed by atoms with E-state index in [1.807, 2.05) is 37.6 Å². The molecule has 2 heterocycles. The third-order valence-corrected chi connectivity index (χ3v) is 3.57. The van der Waals surface area contributed by atoms with Gasteiger partial charge in [-0.1, -0.05) is 0 Å². The molecule has 0 aliphatic carbocycles. The number of anilines is 1. The van der Waals surface area contributed by atoms with Crippen LogP contribution in [-0.2, 0) is 13.1 Å². The van der Waals surface area contributed by atoms with E-state index in [1.165, 1.54) is 0 Å². The summed E-state index contributed by atoms with van der Waals surface area (Å²) in [5.74, 6) is 0.612. The molecule has 0 spiro atoms. The molecule has 0 radical (unpaired) electrons. The zero-order valence-electron chi connectivity index (χ0n) is 13.0. The Morgan fingerprint density at radius 3 is 2.62 bits per heavy atom. The second kappa shape index (κ2) is 6.58. The van der Waals surface area contributed by atoms with Gasteiger partial charge in [0.15, 0.2) is 0 Å². The molecule has 0 fully saturated rings. The zero-order valence-corrected chi connectivity index (χ0v) is 13.0. The molecule has 2 rings (SSSR count). The van der Waals surface area contributed by atoms with Gasteiger partial charge in [0.25, 0.3) is 0 Å². The molecule has 2 aromatic heterocycles. The molecule has 6 heteroatoms. The molecule has 0 aliphatic rings. The van der Waals surface area contributed by atoms with E-state index >= 15 is 0 Å². The third-order valence-electron chi connectivity index (χ3n) is 3.57. The van der Waals surface area contributed by atoms with E-state index in [-0.39, 0.29) is 6.61 Å². The number of aliphatic hydroxyl groups excluding tert-OH is 1. The Balaban J connectivity index is 2.13. The molecule has 2 aromatic rings. The van der Waals surface area contributed by atoms with Crippen LogP contribution in [0.5, 0.6) is 5.88 Å². The molecule has 6 nitrogen and oxygen atoms in total. The fourth-order valence-corrected chi connectivity index (χ4v) is 2.32. The predicted molar refractivity (Wildman–Crippen MR) is 81.6 cm³/mol. The molecule has 0 aliphatic heterocycles. The van der Waals surface area contributed by atoms with Crippen LogP contribution in [0.15, 0.2) is 12.1 Å². The highest BCUT2D eigenvalue weighted by Crippen LogP contribution is 2.19. The van der Waals surface area contributed by atoms with Crippen molar-refractivity contribution in [3.63, 3.8) is 0 Å². The molecule has 21 heavy (non-hydrogen) atoms. The van der Waals surface area contributed by atoms with Gasteiger partial charge in [0.05, 0.1) is 37.3 Å². The first-order valence-electron chi connectivity index (χ1n) is 6.96. The van der Waals surface area contributed by atoms with Gasteiger partial charge in [0, 0.05) is 23.9 Å². The number of pyridine rings is 1. The van der Waals surface area contributed by atoms with Crippen LogP contribution in [0, 0.1) is 20.8 Å². The molecule has 0 saturated heterocycles. The Hall–Kier alpha value is -2.08. The predicted octanol–water partition coefficient (Wildman–Crippen LogP) is 1.82. The fourth-order valence-electron chi connectivity index (χ4n) is 2.32. The topological polar surface area (TPSA) is 72.2 Å². The first kappa shape index (κ1) is 15.3. The van der Waals surface area contributed by atoms with Gasteiger partial charge in [-0.2, -0.15) is 5.10 Å². The summed E-state index contributed by atoms with van der Waals surface area (Å²) in [6.07, 6.45) is 0. The molecule has 114 valence electrons. The largest absolute Gasteiger partial charge is 0.481 e. The van der Waals surface area contributed by atoms with Crippen LogP contribution in [0.3, 0.4) is 0 Å². The van der Waals surface area contributed by atoms with Crippen molar-refractivity contribution in [2.45, 2.75) is 33.9 Å². The first-order chi connectivity index (χ1) is 10.1. The average molecular weight is 290 g/mol. The van der Waals surface area contributed by atoms with Gasteiger partial charge >= 0.3 is 0 Å². The van der Waals surface area contributed by atoms with Crippen LogP contribution in [0.1, 0.15) is 22.6 Å². The molecule has 0 unspecified atom stereocenters. The molecule has 0 saturated carbocycles. The number of hydrogen-bond acceptors (Lipinski definition) is 5. The Labute approximate surface area is 124 Å². The van der Waals surface area contributed by atoms with E-state index in [4.69, 9.17) is 9.84 Å². The van der Waals surface area contributed by atoms with Crippen molar-refractivity contribution in [2.75, 3.05) is 19.0 Å². The monoisotopic (exact) mass is 290 g/mol. The summed E-state index contributed by atoms with van der Waals surface area (Å²) in [5, 5.41) is 16.9. The maximum absolute atomic E-state index is 9.04. The van der Waals surface area contributed by atoms with Crippen molar-refractivity contribution in [3.05, 3.63) is 34.8 Å². The summed E-state index contributed by atoms with van der Waals surface area (Å²) >= 11 is 0. The van der Waals surface area contributed by atoms with Crippen molar-refractivity contribution < 1.29 is 9.84 Å². The van der Waals surface area contributed by atoms with E-state index in [1.54, 1.807) is 7.11 Å². The highest BCUT2D eigenvalue weighted by Gasteiger charge is 2.11. The Bertz CT molecular complexity index is 622. The third kappa shape index (κ3) is 3.33. The number of aliphatic hydroxyl groups is 1. The quantitative estimate of drug-likeness (QED) is 0.849. The average Bonchev–Trinajstić information content (AvgIpc) is 2.73. The maximum Gasteiger partial charge on any atom is 0.213 e. The number of nitrogens with one attached hydrogen (secondary N) is 1. The van der Waals surface area contributed by atoms with Gasteiger partial charge in [-0.15, -0.1) is 0 Å². The second-order valence-corrected chi connectivity index (χ2v) is 4.94. The number of rotatable bonds is 6. The van der Waals surface area contributed by atoms with Crippen LogP contribution in [0.25, 0.3) is 0 Å². The van der Waals surface area contributed by atoms with E-state index in [0.29, 0.717) is 19.0 Å². The van der Waals surface area contributed by atoms with Gasteiger partial charge in [-0.25, -0.2) is 4.98 Å². The number of hydrogen-bond donors (Lipinski definition) is 2.